The summed E-state index contributed by atoms with van der Waals surface area (Å²) in [6.07, 6.45) is -3.80. The predicted molar refractivity (Wildman–Crippen MR) is 84.6 cm³/mol. The van der Waals surface area contributed by atoms with Crippen molar-refractivity contribution >= 4 is 21.6 Å². The number of benzene rings is 2. The van der Waals surface area contributed by atoms with Crippen LogP contribution in [0.5, 0.6) is 11.5 Å². The molecule has 3 nitrogen and oxygen atoms in total. The summed E-state index contributed by atoms with van der Waals surface area (Å²) in [5, 5.41) is 17.9. The third kappa shape index (κ3) is 4.25. The molecule has 128 valence electrons. The molecule has 0 unspecified atom stereocenters. The van der Waals surface area contributed by atoms with E-state index >= 15 is 0 Å². The highest BCUT2D eigenvalue weighted by molar-refractivity contribution is 9.10. The first-order chi connectivity index (χ1) is 11.2. The fraction of sp³-hybridized carbons (Fsp3) is 0.188. The number of halogens is 5. The van der Waals surface area contributed by atoms with Gasteiger partial charge in [-0.05, 0) is 42.5 Å². The van der Waals surface area contributed by atoms with Crippen molar-refractivity contribution in [3.05, 3.63) is 58.1 Å². The molecule has 2 N–H and O–H groups in total. The van der Waals surface area contributed by atoms with E-state index in [9.17, 15) is 22.7 Å². The maximum Gasteiger partial charge on any atom is 0.340 e. The van der Waals surface area contributed by atoms with E-state index in [-0.39, 0.29) is 22.8 Å². The van der Waals surface area contributed by atoms with Crippen molar-refractivity contribution in [3.8, 4) is 11.5 Å². The van der Waals surface area contributed by atoms with Gasteiger partial charge in [-0.2, -0.15) is 8.78 Å². The first-order valence-corrected chi connectivity index (χ1v) is 7.46. The number of rotatable bonds is 6. The van der Waals surface area contributed by atoms with Crippen LogP contribution in [0.3, 0.4) is 0 Å². The van der Waals surface area contributed by atoms with Crippen molar-refractivity contribution in [1.29, 1.82) is 5.41 Å². The molecule has 0 aliphatic rings. The topological polar surface area (TPSA) is 53.3 Å². The largest absolute Gasteiger partial charge is 0.507 e. The molecule has 24 heavy (non-hydrogen) atoms. The molecule has 0 heterocycles. The Morgan fingerprint density at radius 3 is 2.38 bits per heavy atom. The number of phenols is 1. The molecule has 0 fully saturated rings. The normalized spacial score (nSPS) is 11.6. The minimum Gasteiger partial charge on any atom is -0.507 e. The number of phenolic OH excluding ortho intramolecular Hbond substituents is 1. The summed E-state index contributed by atoms with van der Waals surface area (Å²) in [6.45, 7) is -1.44. The third-order valence-corrected chi connectivity index (χ3v) is 3.61. The first-order valence-electron chi connectivity index (χ1n) is 6.67. The summed E-state index contributed by atoms with van der Waals surface area (Å²) in [5.41, 5.74) is 0.692. The molecule has 0 amide bonds. The Morgan fingerprint density at radius 1 is 1.17 bits per heavy atom. The summed E-state index contributed by atoms with van der Waals surface area (Å²) in [4.78, 5) is 0. The SMILES string of the molecule is N=C(c1ccc(OCC(F)(F)C(F)F)cc1)c1cc(Br)ccc1O. The molecule has 0 aliphatic heterocycles. The molecule has 0 aliphatic carbocycles. The second-order valence-electron chi connectivity index (χ2n) is 4.91. The lowest BCUT2D eigenvalue weighted by atomic mass is 10.0. The molecule has 2 aromatic rings. The number of aromatic hydroxyl groups is 1. The summed E-state index contributed by atoms with van der Waals surface area (Å²) < 4.78 is 55.1. The molecule has 0 atom stereocenters. The van der Waals surface area contributed by atoms with Crippen LogP contribution in [-0.2, 0) is 0 Å². The van der Waals surface area contributed by atoms with Crippen molar-refractivity contribution in [2.75, 3.05) is 6.61 Å². The van der Waals surface area contributed by atoms with Crippen LogP contribution in [-0.4, -0.2) is 29.8 Å². The van der Waals surface area contributed by atoms with Crippen LogP contribution in [0.15, 0.2) is 46.9 Å². The van der Waals surface area contributed by atoms with Gasteiger partial charge in [0, 0.05) is 15.6 Å². The summed E-state index contributed by atoms with van der Waals surface area (Å²) in [6, 6.07) is 10.0. The van der Waals surface area contributed by atoms with Crippen molar-refractivity contribution in [2.45, 2.75) is 12.3 Å². The lowest BCUT2D eigenvalue weighted by Crippen LogP contribution is -2.33. The van der Waals surface area contributed by atoms with Crippen LogP contribution >= 0.6 is 15.9 Å². The minimum absolute atomic E-state index is 0.0123. The van der Waals surface area contributed by atoms with Gasteiger partial charge in [-0.25, -0.2) is 8.78 Å². The number of hydrogen-bond acceptors (Lipinski definition) is 3. The van der Waals surface area contributed by atoms with Crippen LogP contribution in [0.25, 0.3) is 0 Å². The number of alkyl halides is 4. The maximum absolute atomic E-state index is 12.8. The van der Waals surface area contributed by atoms with Crippen molar-refractivity contribution in [2.24, 2.45) is 0 Å². The first kappa shape index (κ1) is 18.3. The van der Waals surface area contributed by atoms with Gasteiger partial charge in [-0.15, -0.1) is 0 Å². The van der Waals surface area contributed by atoms with Gasteiger partial charge in [0.05, 0.1) is 5.71 Å². The smallest absolute Gasteiger partial charge is 0.340 e. The van der Waals surface area contributed by atoms with Crippen LogP contribution in [0.2, 0.25) is 0 Å². The Bertz CT molecular complexity index is 735. The number of hydrogen-bond donors (Lipinski definition) is 2. The highest BCUT2D eigenvalue weighted by Gasteiger charge is 2.41. The molecule has 0 spiro atoms. The van der Waals surface area contributed by atoms with Gasteiger partial charge in [0.15, 0.2) is 6.61 Å². The molecule has 0 radical (unpaired) electrons. The van der Waals surface area contributed by atoms with E-state index in [0.717, 1.165) is 0 Å². The lowest BCUT2D eigenvalue weighted by molar-refractivity contribution is -0.148. The Balaban J connectivity index is 2.12. The van der Waals surface area contributed by atoms with Crippen molar-refractivity contribution < 1.29 is 27.4 Å². The number of ether oxygens (including phenoxy) is 1. The molecule has 0 saturated heterocycles. The fourth-order valence-corrected chi connectivity index (χ4v) is 2.19. The molecule has 0 bridgehead atoms. The highest BCUT2D eigenvalue weighted by atomic mass is 79.9. The average molecular weight is 406 g/mol. The minimum atomic E-state index is -4.23. The van der Waals surface area contributed by atoms with E-state index < -0.39 is 19.0 Å². The molecule has 0 aromatic heterocycles. The Labute approximate surface area is 143 Å². The highest BCUT2D eigenvalue weighted by Crippen LogP contribution is 2.27. The second-order valence-corrected chi connectivity index (χ2v) is 5.83. The Kier molecular flexibility index (Phi) is 5.48. The summed E-state index contributed by atoms with van der Waals surface area (Å²) >= 11 is 3.24. The summed E-state index contributed by atoms with van der Waals surface area (Å²) in [5.74, 6) is -4.33. The molecular weight excluding hydrogens is 394 g/mol. The van der Waals surface area contributed by atoms with Crippen molar-refractivity contribution in [1.82, 2.24) is 0 Å². The molecule has 8 heteroatoms. The average Bonchev–Trinajstić information content (AvgIpc) is 2.55. The summed E-state index contributed by atoms with van der Waals surface area (Å²) in [7, 11) is 0. The molecular formula is C16H12BrF4NO2. The van der Waals surface area contributed by atoms with Crippen LogP contribution in [0.1, 0.15) is 11.1 Å². The van der Waals surface area contributed by atoms with Gasteiger partial charge in [0.1, 0.15) is 11.5 Å². The molecule has 2 aromatic carbocycles. The van der Waals surface area contributed by atoms with Gasteiger partial charge in [-0.3, -0.25) is 5.41 Å². The van der Waals surface area contributed by atoms with E-state index in [1.807, 2.05) is 0 Å². The lowest BCUT2D eigenvalue weighted by Gasteiger charge is -2.16. The quantitative estimate of drug-likeness (QED) is 0.533. The van der Waals surface area contributed by atoms with E-state index in [0.29, 0.717) is 10.0 Å². The van der Waals surface area contributed by atoms with Crippen LogP contribution in [0.4, 0.5) is 17.6 Å². The second kappa shape index (κ2) is 7.21. The predicted octanol–water partition coefficient (Wildman–Crippen LogP) is 4.85. The monoisotopic (exact) mass is 405 g/mol. The zero-order chi connectivity index (χ0) is 17.9. The van der Waals surface area contributed by atoms with Crippen LogP contribution < -0.4 is 4.74 Å². The fourth-order valence-electron chi connectivity index (χ4n) is 1.82. The molecule has 0 saturated carbocycles. The maximum atomic E-state index is 12.8. The van der Waals surface area contributed by atoms with E-state index in [2.05, 4.69) is 20.7 Å². The van der Waals surface area contributed by atoms with E-state index in [1.165, 1.54) is 30.3 Å². The van der Waals surface area contributed by atoms with E-state index in [4.69, 9.17) is 5.41 Å². The standard InChI is InChI=1S/C16H12BrF4NO2/c17-10-3-6-13(23)12(7-10)14(22)9-1-4-11(5-2-9)24-8-16(20,21)15(18)19/h1-7,15,22-23H,8H2. The van der Waals surface area contributed by atoms with Gasteiger partial charge in [0.2, 0.25) is 0 Å². The third-order valence-electron chi connectivity index (χ3n) is 3.12. The van der Waals surface area contributed by atoms with Crippen LogP contribution in [0, 0.1) is 5.41 Å². The van der Waals surface area contributed by atoms with Crippen molar-refractivity contribution in [3.63, 3.8) is 0 Å². The Morgan fingerprint density at radius 2 is 1.79 bits per heavy atom. The number of nitrogens with one attached hydrogen (secondary N) is 1. The zero-order valence-electron chi connectivity index (χ0n) is 12.1. The van der Waals surface area contributed by atoms with Gasteiger partial charge < -0.3 is 9.84 Å². The van der Waals surface area contributed by atoms with Gasteiger partial charge >= 0.3 is 12.3 Å². The zero-order valence-corrected chi connectivity index (χ0v) is 13.7. The Hall–Kier alpha value is -2.09. The van der Waals surface area contributed by atoms with Gasteiger partial charge in [0.25, 0.3) is 0 Å². The molecule has 2 rings (SSSR count). The van der Waals surface area contributed by atoms with Gasteiger partial charge in [-0.1, -0.05) is 15.9 Å². The van der Waals surface area contributed by atoms with E-state index in [1.54, 1.807) is 12.1 Å².